The summed E-state index contributed by atoms with van der Waals surface area (Å²) in [7, 11) is -2.63. The van der Waals surface area contributed by atoms with Crippen molar-refractivity contribution in [2.75, 3.05) is 6.61 Å². The average molecular weight is 160 g/mol. The fraction of sp³-hybridized carbons (Fsp3) is 1.00. The quantitative estimate of drug-likeness (QED) is 0.402. The van der Waals surface area contributed by atoms with E-state index in [4.69, 9.17) is 0 Å². The van der Waals surface area contributed by atoms with E-state index in [0.29, 0.717) is 6.61 Å². The second-order valence-electron chi connectivity index (χ2n) is 1.91. The molecule has 0 aromatic carbocycles. The van der Waals surface area contributed by atoms with Gasteiger partial charge in [0.25, 0.3) is 0 Å². The molecule has 0 bridgehead atoms. The van der Waals surface area contributed by atoms with Crippen LogP contribution in [0.2, 0.25) is 0 Å². The van der Waals surface area contributed by atoms with Crippen LogP contribution in [0, 0.1) is 5.92 Å². The predicted molar refractivity (Wildman–Crippen MR) is 33.5 cm³/mol. The summed E-state index contributed by atoms with van der Waals surface area (Å²) in [4.78, 5) is 19.4. The summed E-state index contributed by atoms with van der Waals surface area (Å²) >= 11 is 0. The van der Waals surface area contributed by atoms with E-state index in [1.54, 1.807) is 0 Å². The van der Waals surface area contributed by atoms with Gasteiger partial charge in [-0.15, -0.1) is 0 Å². The van der Waals surface area contributed by atoms with Crippen molar-refractivity contribution in [1.29, 1.82) is 0 Å². The number of hydrogen-bond donors (Lipinski definition) is 0. The van der Waals surface area contributed by atoms with Gasteiger partial charge in [0.1, 0.15) is 0 Å². The third kappa shape index (κ3) is 12.3. The Hall–Kier alpha value is 1.08. The van der Waals surface area contributed by atoms with Gasteiger partial charge in [-0.25, -0.2) is 0 Å². The zero-order chi connectivity index (χ0) is 6.57. The van der Waals surface area contributed by atoms with Gasteiger partial charge in [0.05, 0.1) is 0 Å². The van der Waals surface area contributed by atoms with Crippen molar-refractivity contribution in [2.45, 2.75) is 13.8 Å². The Kier molecular flexibility index (Phi) is 10.2. The maximum Gasteiger partial charge on any atom is 2.00 e. The van der Waals surface area contributed by atoms with Gasteiger partial charge >= 0.3 is 23.1 Å². The van der Waals surface area contributed by atoms with Gasteiger partial charge < -0.3 is 14.3 Å². The minimum Gasteiger partial charge on any atom is -0.820 e. The van der Waals surface area contributed by atoms with Crippen LogP contribution in [0.4, 0.5) is 0 Å². The van der Waals surface area contributed by atoms with Crippen LogP contribution in [0.15, 0.2) is 0 Å². The molecule has 0 aliphatic carbocycles. The van der Waals surface area contributed by atoms with Crippen LogP contribution in [0.3, 0.4) is 0 Å². The van der Waals surface area contributed by atoms with Crippen molar-refractivity contribution >= 4 is 31.7 Å². The summed E-state index contributed by atoms with van der Waals surface area (Å²) in [5, 5.41) is 0. The predicted octanol–water partition coefficient (Wildman–Crippen LogP) is -0.774. The van der Waals surface area contributed by atoms with Crippen LogP contribution in [0.1, 0.15) is 13.8 Å². The van der Waals surface area contributed by atoms with Gasteiger partial charge in [0.15, 0.2) is 0 Å². The van der Waals surface area contributed by atoms with Crippen molar-refractivity contribution in [3.05, 3.63) is 0 Å². The topological polar surface area (TPSA) is 55.3 Å². The molecular weight excluding hydrogens is 151 g/mol. The van der Waals surface area contributed by atoms with E-state index in [2.05, 4.69) is 4.52 Å². The Morgan fingerprint density at radius 3 is 2.00 bits per heavy atom. The molecular formula is C4H9MgO3P. The van der Waals surface area contributed by atoms with Crippen LogP contribution in [-0.4, -0.2) is 29.7 Å². The molecule has 0 fully saturated rings. The molecule has 3 nitrogen and oxygen atoms in total. The van der Waals surface area contributed by atoms with Crippen molar-refractivity contribution in [3.8, 4) is 0 Å². The number of rotatable bonds is 3. The minimum atomic E-state index is -2.63. The zero-order valence-corrected chi connectivity index (χ0v) is 7.97. The molecule has 0 radical (unpaired) electrons. The number of hydrogen-bond acceptors (Lipinski definition) is 3. The first-order valence-electron chi connectivity index (χ1n) is 2.40. The summed E-state index contributed by atoms with van der Waals surface area (Å²) in [5.41, 5.74) is 0. The van der Waals surface area contributed by atoms with E-state index >= 15 is 0 Å². The summed E-state index contributed by atoms with van der Waals surface area (Å²) in [6, 6.07) is 0. The Morgan fingerprint density at radius 2 is 1.89 bits per heavy atom. The SMILES string of the molecule is CC(C)COP([O-])[O-].[Mg+2]. The third-order valence-electron chi connectivity index (χ3n) is 0.513. The smallest absolute Gasteiger partial charge is 0.820 e. The molecule has 50 valence electrons. The molecule has 0 saturated heterocycles. The first-order valence-corrected chi connectivity index (χ1v) is 3.49. The Bertz CT molecular complexity index is 51.8. The van der Waals surface area contributed by atoms with Gasteiger partial charge in [-0.05, 0) is 5.92 Å². The first-order chi connectivity index (χ1) is 3.63. The minimum absolute atomic E-state index is 0. The molecule has 5 heteroatoms. The maximum absolute atomic E-state index is 9.72. The zero-order valence-electron chi connectivity index (χ0n) is 5.66. The fourth-order valence-electron chi connectivity index (χ4n) is 0.210. The van der Waals surface area contributed by atoms with Gasteiger partial charge in [-0.1, -0.05) is 13.8 Å². The van der Waals surface area contributed by atoms with Crippen LogP contribution < -0.4 is 9.79 Å². The van der Waals surface area contributed by atoms with Crippen molar-refractivity contribution < 1.29 is 14.3 Å². The Labute approximate surface area is 72.6 Å². The van der Waals surface area contributed by atoms with Crippen LogP contribution >= 0.6 is 8.60 Å². The van der Waals surface area contributed by atoms with E-state index in [1.165, 1.54) is 0 Å². The second kappa shape index (κ2) is 7.19. The van der Waals surface area contributed by atoms with Gasteiger partial charge in [0, 0.05) is 6.61 Å². The molecule has 0 amide bonds. The molecule has 0 N–H and O–H groups in total. The van der Waals surface area contributed by atoms with Crippen molar-refractivity contribution in [2.24, 2.45) is 5.92 Å². The molecule has 0 rings (SSSR count). The monoisotopic (exact) mass is 160 g/mol. The van der Waals surface area contributed by atoms with Crippen LogP contribution in [0.5, 0.6) is 0 Å². The normalized spacial score (nSPS) is 10.0. The Balaban J connectivity index is 0. The molecule has 0 aliphatic rings. The van der Waals surface area contributed by atoms with Gasteiger partial charge in [-0.3, -0.25) is 0 Å². The Morgan fingerprint density at radius 1 is 1.44 bits per heavy atom. The van der Waals surface area contributed by atoms with Gasteiger partial charge in [0.2, 0.25) is 0 Å². The summed E-state index contributed by atoms with van der Waals surface area (Å²) < 4.78 is 4.26. The van der Waals surface area contributed by atoms with Crippen LogP contribution in [0.25, 0.3) is 0 Å². The molecule has 0 aromatic rings. The average Bonchev–Trinajstić information content (AvgIpc) is 1.61. The van der Waals surface area contributed by atoms with Crippen LogP contribution in [-0.2, 0) is 4.52 Å². The maximum atomic E-state index is 9.72. The fourth-order valence-corrected chi connectivity index (χ4v) is 0.630. The van der Waals surface area contributed by atoms with E-state index in [9.17, 15) is 9.79 Å². The van der Waals surface area contributed by atoms with Crippen molar-refractivity contribution in [3.63, 3.8) is 0 Å². The van der Waals surface area contributed by atoms with Gasteiger partial charge in [-0.2, -0.15) is 8.60 Å². The van der Waals surface area contributed by atoms with E-state index in [-0.39, 0.29) is 29.0 Å². The molecule has 0 unspecified atom stereocenters. The molecule has 0 aromatic heterocycles. The van der Waals surface area contributed by atoms with E-state index < -0.39 is 8.60 Å². The largest absolute Gasteiger partial charge is 2.00 e. The molecule has 9 heavy (non-hydrogen) atoms. The third-order valence-corrected chi connectivity index (χ3v) is 0.873. The van der Waals surface area contributed by atoms with Crippen molar-refractivity contribution in [1.82, 2.24) is 0 Å². The summed E-state index contributed by atoms with van der Waals surface area (Å²) in [6.45, 7) is 4.07. The molecule has 0 heterocycles. The molecule has 0 aliphatic heterocycles. The summed E-state index contributed by atoms with van der Waals surface area (Å²) in [5.74, 6) is 0.280. The molecule has 0 atom stereocenters. The van der Waals surface area contributed by atoms with E-state index in [0.717, 1.165) is 0 Å². The standard InChI is InChI=1S/C4H9O3P.Mg/c1-4(2)3-7-8(5)6;/h4H,3H2,1-2H3;/q-2;+2. The molecule has 0 spiro atoms. The van der Waals surface area contributed by atoms with E-state index in [1.807, 2.05) is 13.8 Å². The molecule has 0 saturated carbocycles. The first kappa shape index (κ1) is 12.7. The second-order valence-corrected chi connectivity index (χ2v) is 2.62. The summed E-state index contributed by atoms with van der Waals surface area (Å²) in [6.07, 6.45) is 0.